The van der Waals surface area contributed by atoms with Gasteiger partial charge >= 0.3 is 0 Å². The molecule has 0 N–H and O–H groups in total. The van der Waals surface area contributed by atoms with Gasteiger partial charge < -0.3 is 9.47 Å². The summed E-state index contributed by atoms with van der Waals surface area (Å²) >= 11 is 7.62. The van der Waals surface area contributed by atoms with Gasteiger partial charge in [-0.25, -0.2) is 0 Å². The van der Waals surface area contributed by atoms with Crippen molar-refractivity contribution in [2.75, 3.05) is 32.7 Å². The van der Waals surface area contributed by atoms with Crippen LogP contribution in [0.1, 0.15) is 30.8 Å². The molecule has 1 aliphatic rings. The number of amides is 1. The molecule has 2 aromatic rings. The largest absolute Gasteiger partial charge is 0.336 e. The summed E-state index contributed by atoms with van der Waals surface area (Å²) in [6.45, 7) is 9.78. The van der Waals surface area contributed by atoms with E-state index in [-0.39, 0.29) is 5.91 Å². The lowest BCUT2D eigenvalue weighted by Crippen LogP contribution is -2.49. The second-order valence-electron chi connectivity index (χ2n) is 5.71. The van der Waals surface area contributed by atoms with Crippen molar-refractivity contribution in [3.63, 3.8) is 0 Å². The van der Waals surface area contributed by atoms with Crippen molar-refractivity contribution in [1.82, 2.24) is 14.4 Å². The Hall–Kier alpha value is -1.04. The summed E-state index contributed by atoms with van der Waals surface area (Å²) in [5.41, 5.74) is 1.87. The van der Waals surface area contributed by atoms with Gasteiger partial charge in [0.25, 0.3) is 5.91 Å². The van der Waals surface area contributed by atoms with E-state index < -0.39 is 0 Å². The van der Waals surface area contributed by atoms with Crippen molar-refractivity contribution in [3.05, 3.63) is 22.2 Å². The van der Waals surface area contributed by atoms with Gasteiger partial charge in [-0.1, -0.05) is 18.5 Å². The minimum Gasteiger partial charge on any atom is -0.336 e. The van der Waals surface area contributed by atoms with Crippen molar-refractivity contribution >= 4 is 39.1 Å². The second-order valence-corrected chi connectivity index (χ2v) is 7.42. The lowest BCUT2D eigenvalue weighted by molar-refractivity contribution is 0.0627. The fourth-order valence-electron chi connectivity index (χ4n) is 3.18. The van der Waals surface area contributed by atoms with E-state index in [2.05, 4.69) is 23.3 Å². The molecule has 0 atom stereocenters. The number of hydrogen-bond acceptors (Lipinski definition) is 3. The van der Waals surface area contributed by atoms with Crippen LogP contribution in [0.3, 0.4) is 0 Å². The van der Waals surface area contributed by atoms with Gasteiger partial charge in [-0.15, -0.1) is 11.3 Å². The quantitative estimate of drug-likeness (QED) is 0.852. The number of halogens is 1. The third kappa shape index (κ3) is 2.90. The lowest BCUT2D eigenvalue weighted by Gasteiger charge is -2.34. The van der Waals surface area contributed by atoms with Crippen LogP contribution < -0.4 is 0 Å². The highest BCUT2D eigenvalue weighted by atomic mass is 35.5. The number of rotatable bonds is 4. The van der Waals surface area contributed by atoms with Crippen LogP contribution in [-0.2, 0) is 6.54 Å². The standard InChI is InChI=1S/C16H22ClN3OS/c1-3-5-18-6-8-19(9-7-18)16(21)13-10-14-12(20(13)4-2)11-15(17)22-14/h10-11H,3-9H2,1-2H3. The molecule has 1 saturated heterocycles. The molecule has 0 unspecified atom stereocenters. The third-order valence-electron chi connectivity index (χ3n) is 4.29. The molecule has 0 spiro atoms. The molecule has 0 saturated carbocycles. The van der Waals surface area contributed by atoms with Crippen molar-refractivity contribution in [1.29, 1.82) is 0 Å². The Morgan fingerprint density at radius 1 is 1.23 bits per heavy atom. The zero-order valence-electron chi connectivity index (χ0n) is 13.1. The second kappa shape index (κ2) is 6.60. The number of thiophene rings is 1. The minimum atomic E-state index is 0.150. The molecule has 0 bridgehead atoms. The average molecular weight is 340 g/mol. The van der Waals surface area contributed by atoms with Crippen LogP contribution in [0.25, 0.3) is 10.2 Å². The van der Waals surface area contributed by atoms with Crippen molar-refractivity contribution in [3.8, 4) is 0 Å². The highest BCUT2D eigenvalue weighted by molar-refractivity contribution is 7.22. The summed E-state index contributed by atoms with van der Waals surface area (Å²) in [4.78, 5) is 17.3. The van der Waals surface area contributed by atoms with E-state index in [1.807, 2.05) is 17.0 Å². The molecule has 1 aliphatic heterocycles. The van der Waals surface area contributed by atoms with Gasteiger partial charge in [0.15, 0.2) is 0 Å². The van der Waals surface area contributed by atoms with E-state index in [1.165, 1.54) is 17.8 Å². The van der Waals surface area contributed by atoms with E-state index in [0.29, 0.717) is 0 Å². The Morgan fingerprint density at radius 2 is 1.95 bits per heavy atom. The number of fused-ring (bicyclic) bond motifs is 1. The summed E-state index contributed by atoms with van der Waals surface area (Å²) in [5, 5.41) is 0. The molecule has 0 radical (unpaired) electrons. The number of hydrogen-bond donors (Lipinski definition) is 0. The summed E-state index contributed by atoms with van der Waals surface area (Å²) in [5.74, 6) is 0.150. The van der Waals surface area contributed by atoms with Crippen LogP contribution in [0.2, 0.25) is 4.34 Å². The number of nitrogens with zero attached hydrogens (tertiary/aromatic N) is 3. The molecule has 22 heavy (non-hydrogen) atoms. The fraction of sp³-hybridized carbons (Fsp3) is 0.562. The summed E-state index contributed by atoms with van der Waals surface area (Å²) in [6.07, 6.45) is 1.17. The molecule has 120 valence electrons. The Bertz CT molecular complexity index is 670. The molecule has 4 nitrogen and oxygen atoms in total. The maximum absolute atomic E-state index is 12.9. The van der Waals surface area contributed by atoms with Crippen LogP contribution in [0.5, 0.6) is 0 Å². The predicted octanol–water partition coefficient (Wildman–Crippen LogP) is 3.54. The topological polar surface area (TPSA) is 28.5 Å². The van der Waals surface area contributed by atoms with Gasteiger partial charge in [-0.3, -0.25) is 9.69 Å². The van der Waals surface area contributed by atoms with Gasteiger partial charge in [-0.2, -0.15) is 0 Å². The Morgan fingerprint density at radius 3 is 2.59 bits per heavy atom. The Labute approximate surface area is 140 Å². The molecule has 1 fully saturated rings. The number of piperazine rings is 1. The van der Waals surface area contributed by atoms with Crippen LogP contribution in [0.15, 0.2) is 12.1 Å². The van der Waals surface area contributed by atoms with E-state index >= 15 is 0 Å². The van der Waals surface area contributed by atoms with Crippen LogP contribution in [0.4, 0.5) is 0 Å². The summed E-state index contributed by atoms with van der Waals surface area (Å²) in [7, 11) is 0. The van der Waals surface area contributed by atoms with E-state index in [0.717, 1.165) is 59.5 Å². The van der Waals surface area contributed by atoms with Crippen LogP contribution in [0, 0.1) is 0 Å². The zero-order valence-corrected chi connectivity index (χ0v) is 14.7. The maximum Gasteiger partial charge on any atom is 0.270 e. The molecule has 3 rings (SSSR count). The average Bonchev–Trinajstić information content (AvgIpc) is 3.03. The molecular formula is C16H22ClN3OS. The molecule has 0 aliphatic carbocycles. The van der Waals surface area contributed by atoms with Gasteiger partial charge in [0.1, 0.15) is 5.69 Å². The molecular weight excluding hydrogens is 318 g/mol. The SMILES string of the molecule is CCCN1CCN(C(=O)c2cc3sc(Cl)cc3n2CC)CC1. The van der Waals surface area contributed by atoms with Crippen LogP contribution in [-0.4, -0.2) is 53.0 Å². The van der Waals surface area contributed by atoms with Gasteiger partial charge in [-0.05, 0) is 32.0 Å². The molecule has 3 heterocycles. The van der Waals surface area contributed by atoms with E-state index in [4.69, 9.17) is 11.6 Å². The Balaban J connectivity index is 1.79. The van der Waals surface area contributed by atoms with Gasteiger partial charge in [0.2, 0.25) is 0 Å². The number of aryl methyl sites for hydroxylation is 1. The molecule has 0 aromatic carbocycles. The first-order valence-corrected chi connectivity index (χ1v) is 9.13. The first-order chi connectivity index (χ1) is 10.6. The smallest absolute Gasteiger partial charge is 0.270 e. The highest BCUT2D eigenvalue weighted by Crippen LogP contribution is 2.32. The van der Waals surface area contributed by atoms with Gasteiger partial charge in [0.05, 0.1) is 14.6 Å². The number of carbonyl (C=O) groups excluding carboxylic acids is 1. The molecule has 6 heteroatoms. The highest BCUT2D eigenvalue weighted by Gasteiger charge is 2.25. The third-order valence-corrected chi connectivity index (χ3v) is 5.49. The summed E-state index contributed by atoms with van der Waals surface area (Å²) < 4.78 is 3.96. The van der Waals surface area contributed by atoms with E-state index in [9.17, 15) is 4.79 Å². The Kier molecular flexibility index (Phi) is 4.76. The minimum absolute atomic E-state index is 0.150. The monoisotopic (exact) mass is 339 g/mol. The molecule has 1 amide bonds. The fourth-order valence-corrected chi connectivity index (χ4v) is 4.36. The van der Waals surface area contributed by atoms with Crippen molar-refractivity contribution < 1.29 is 4.79 Å². The summed E-state index contributed by atoms with van der Waals surface area (Å²) in [6, 6.07) is 3.96. The zero-order chi connectivity index (χ0) is 15.7. The number of carbonyl (C=O) groups is 1. The van der Waals surface area contributed by atoms with Gasteiger partial charge in [0, 0.05) is 32.7 Å². The maximum atomic E-state index is 12.9. The first-order valence-electron chi connectivity index (χ1n) is 7.94. The molecule has 2 aromatic heterocycles. The van der Waals surface area contributed by atoms with Crippen molar-refractivity contribution in [2.24, 2.45) is 0 Å². The predicted molar refractivity (Wildman–Crippen MR) is 93.1 cm³/mol. The van der Waals surface area contributed by atoms with Crippen LogP contribution >= 0.6 is 22.9 Å². The van der Waals surface area contributed by atoms with E-state index in [1.54, 1.807) is 0 Å². The lowest BCUT2D eigenvalue weighted by atomic mass is 10.2. The van der Waals surface area contributed by atoms with Crippen molar-refractivity contribution in [2.45, 2.75) is 26.8 Å². The number of aromatic nitrogens is 1. The first kappa shape index (κ1) is 15.8. The normalized spacial score (nSPS) is 16.6.